The molecule has 0 radical (unpaired) electrons. The predicted octanol–water partition coefficient (Wildman–Crippen LogP) is 7.13. The van der Waals surface area contributed by atoms with E-state index in [1.54, 1.807) is 82.4 Å². The van der Waals surface area contributed by atoms with Gasteiger partial charge in [0.05, 0.1) is 79.1 Å². The molecule has 386 valence electrons. The summed E-state index contributed by atoms with van der Waals surface area (Å²) < 4.78 is 65.5. The third kappa shape index (κ3) is 10.1. The molecule has 2 amide bonds. The number of nitrogens with zero attached hydrogens (tertiary/aromatic N) is 8. The minimum atomic E-state index is -3.31. The molecule has 2 aromatic carbocycles. The lowest BCUT2D eigenvalue weighted by Gasteiger charge is -2.32. The van der Waals surface area contributed by atoms with Crippen LogP contribution >= 0.6 is 0 Å². The van der Waals surface area contributed by atoms with Gasteiger partial charge in [0.1, 0.15) is 11.6 Å². The summed E-state index contributed by atoms with van der Waals surface area (Å²) in [6, 6.07) is 19.1. The third-order valence-electron chi connectivity index (χ3n) is 13.9. The number of ketones is 2. The molecule has 0 saturated carbocycles. The number of imidazole rings is 2. The number of anilines is 2. The lowest BCUT2D eigenvalue weighted by Crippen LogP contribution is -2.39. The first-order chi connectivity index (χ1) is 35.6. The topological polar surface area (TPSA) is 247 Å². The molecule has 2 atom stereocenters. The van der Waals surface area contributed by atoms with Gasteiger partial charge in [0.25, 0.3) is 0 Å². The number of carbonyl (C=O) groups is 4. The average Bonchev–Trinajstić information content (AvgIpc) is 3.93. The Bertz CT molecular complexity index is 3840. The number of aromatic nitrogens is 8. The zero-order chi connectivity index (χ0) is 53.6. The molecule has 18 nitrogen and oxygen atoms in total. The van der Waals surface area contributed by atoms with Crippen molar-refractivity contribution in [3.05, 3.63) is 166 Å². The predicted molar refractivity (Wildman–Crippen MR) is 277 cm³/mol. The fraction of sp³-hybridized carbons (Fsp3) is 0.296. The van der Waals surface area contributed by atoms with E-state index in [9.17, 15) is 40.4 Å². The highest BCUT2D eigenvalue weighted by atomic mass is 32.2. The molecule has 0 fully saturated rings. The minimum absolute atomic E-state index is 0.00622. The molecule has 75 heavy (non-hydrogen) atoms. The standard InChI is InChI=1S/C27H26FN5O4S.C27H27N5O4S/c1-4-38(36,37)18-7-5-17(6-8-18)15-22(34)32-21-10-9-19-20(31-21)11-12-27(3,24(19)35)23-26-30-16(2)25(28)33(26)14-13-29-23;1-4-37(35,36)19-7-5-18(6-8-19)15-23(33)31-22-10-9-20-21(30-22)11-12-27(3,25(20)34)24-26-29-17(2)16-32(26)14-13-28-24/h5-10,13-14H,4,11-12,15H2,1-3H3,(H,31,32,34);5-10,13-14,16H,4,11-12,15H2,1-3H3,(H,30,31,33). The van der Waals surface area contributed by atoms with Crippen LogP contribution in [0.25, 0.3) is 11.3 Å². The summed E-state index contributed by atoms with van der Waals surface area (Å²) in [7, 11) is -6.59. The van der Waals surface area contributed by atoms with Crippen LogP contribution in [0.4, 0.5) is 16.0 Å². The SMILES string of the molecule is CCS(=O)(=O)c1ccc(CC(=O)Nc2ccc3c(n2)CCC(C)(c2nccn4c(F)c(C)nc24)C3=O)cc1.CCS(=O)(=O)c1ccc(CC(=O)Nc2ccc3c(n2)CCC(C)(c2nccn4cc(C)nc24)C3=O)cc1. The smallest absolute Gasteiger partial charge is 0.229 e. The number of nitrogens with one attached hydrogen (secondary N) is 2. The molecule has 6 aromatic heterocycles. The number of benzene rings is 2. The van der Waals surface area contributed by atoms with E-state index in [1.807, 2.05) is 30.6 Å². The number of rotatable bonds is 12. The number of pyridine rings is 2. The maximum absolute atomic E-state index is 14.5. The van der Waals surface area contributed by atoms with Gasteiger partial charge in [-0.2, -0.15) is 4.39 Å². The summed E-state index contributed by atoms with van der Waals surface area (Å²) in [6.07, 6.45) is 10.4. The molecule has 0 spiro atoms. The van der Waals surface area contributed by atoms with Crippen LogP contribution in [0.2, 0.25) is 0 Å². The second-order valence-corrected chi connectivity index (χ2v) is 23.7. The molecule has 2 unspecified atom stereocenters. The molecule has 8 aromatic rings. The second kappa shape index (κ2) is 20.1. The van der Waals surface area contributed by atoms with Gasteiger partial charge < -0.3 is 15.0 Å². The van der Waals surface area contributed by atoms with E-state index in [4.69, 9.17) is 0 Å². The summed E-state index contributed by atoms with van der Waals surface area (Å²) in [5, 5.41) is 5.54. The first kappa shape index (κ1) is 52.0. The van der Waals surface area contributed by atoms with Gasteiger partial charge in [0.15, 0.2) is 42.5 Å². The maximum Gasteiger partial charge on any atom is 0.229 e. The largest absolute Gasteiger partial charge is 0.310 e. The van der Waals surface area contributed by atoms with Crippen molar-refractivity contribution in [2.45, 2.75) is 101 Å². The Morgan fingerprint density at radius 2 is 1.08 bits per heavy atom. The number of hydrogen-bond acceptors (Lipinski definition) is 14. The van der Waals surface area contributed by atoms with E-state index < -0.39 is 36.5 Å². The van der Waals surface area contributed by atoms with E-state index in [0.717, 1.165) is 5.69 Å². The number of carbonyl (C=O) groups excluding carboxylic acids is 4. The van der Waals surface area contributed by atoms with Crippen LogP contribution in [0.3, 0.4) is 0 Å². The number of halogens is 1. The average molecular weight is 1050 g/mol. The molecule has 0 aliphatic heterocycles. The highest BCUT2D eigenvalue weighted by Gasteiger charge is 2.45. The molecule has 0 saturated heterocycles. The van der Waals surface area contributed by atoms with Gasteiger partial charge in [0.2, 0.25) is 17.8 Å². The number of hydrogen-bond donors (Lipinski definition) is 2. The van der Waals surface area contributed by atoms with Gasteiger partial charge in [-0.15, -0.1) is 0 Å². The van der Waals surface area contributed by atoms with Crippen molar-refractivity contribution in [3.8, 4) is 0 Å². The van der Waals surface area contributed by atoms with E-state index in [0.29, 0.717) is 93.6 Å². The Kier molecular flexibility index (Phi) is 13.9. The normalized spacial score (nSPS) is 17.5. The van der Waals surface area contributed by atoms with Gasteiger partial charge >= 0.3 is 0 Å². The summed E-state index contributed by atoms with van der Waals surface area (Å²) in [5.74, 6) is -0.620. The summed E-state index contributed by atoms with van der Waals surface area (Å²) >= 11 is 0. The first-order valence-electron chi connectivity index (χ1n) is 24.3. The molecule has 0 bridgehead atoms. The Labute approximate surface area is 432 Å². The Morgan fingerprint density at radius 1 is 0.627 bits per heavy atom. The van der Waals surface area contributed by atoms with Crippen LogP contribution < -0.4 is 10.6 Å². The van der Waals surface area contributed by atoms with Gasteiger partial charge in [-0.3, -0.25) is 33.5 Å². The molecular formula is C54H53FN10O8S2. The molecule has 10 rings (SSSR count). The van der Waals surface area contributed by atoms with Gasteiger partial charge in [-0.25, -0.2) is 36.8 Å². The van der Waals surface area contributed by atoms with Crippen molar-refractivity contribution < 1.29 is 40.4 Å². The van der Waals surface area contributed by atoms with Crippen molar-refractivity contribution in [2.75, 3.05) is 22.1 Å². The third-order valence-corrected chi connectivity index (χ3v) is 17.4. The maximum atomic E-state index is 14.5. The van der Waals surface area contributed by atoms with Crippen molar-refractivity contribution in [1.29, 1.82) is 0 Å². The molecule has 2 aliphatic rings. The van der Waals surface area contributed by atoms with Crippen LogP contribution in [0.1, 0.15) is 107 Å². The molecule has 21 heteroatoms. The number of fused-ring (bicyclic) bond motifs is 4. The van der Waals surface area contributed by atoms with Gasteiger partial charge in [-0.05, 0) is 113 Å². The first-order valence-corrected chi connectivity index (χ1v) is 27.6. The van der Waals surface area contributed by atoms with Crippen LogP contribution in [-0.2, 0) is 65.8 Å². The molecule has 6 heterocycles. The van der Waals surface area contributed by atoms with Crippen molar-refractivity contribution >= 4 is 66.0 Å². The van der Waals surface area contributed by atoms with Crippen LogP contribution in [-0.4, -0.2) is 90.4 Å². The van der Waals surface area contributed by atoms with Crippen molar-refractivity contribution in [2.24, 2.45) is 0 Å². The Hall–Kier alpha value is -7.91. The van der Waals surface area contributed by atoms with E-state index in [2.05, 4.69) is 40.5 Å². The Morgan fingerprint density at radius 3 is 1.55 bits per heavy atom. The van der Waals surface area contributed by atoms with Crippen LogP contribution in [0, 0.1) is 19.8 Å². The summed E-state index contributed by atoms with van der Waals surface area (Å²) in [4.78, 5) is 79.9. The zero-order valence-electron chi connectivity index (χ0n) is 42.0. The van der Waals surface area contributed by atoms with Crippen molar-refractivity contribution in [1.82, 2.24) is 38.7 Å². The minimum Gasteiger partial charge on any atom is -0.310 e. The molecule has 2 N–H and O–H groups in total. The van der Waals surface area contributed by atoms with Gasteiger partial charge in [0, 0.05) is 42.1 Å². The lowest BCUT2D eigenvalue weighted by atomic mass is 9.71. The number of aryl methyl sites for hydroxylation is 4. The van der Waals surface area contributed by atoms with Crippen LogP contribution in [0.5, 0.6) is 0 Å². The van der Waals surface area contributed by atoms with Gasteiger partial charge in [-0.1, -0.05) is 38.1 Å². The fourth-order valence-corrected chi connectivity index (χ4v) is 11.3. The number of Topliss-reactive ketones (excluding diaryl/α,β-unsaturated/α-hetero) is 2. The lowest BCUT2D eigenvalue weighted by molar-refractivity contribution is -0.116. The van der Waals surface area contributed by atoms with E-state index in [1.165, 1.54) is 41.1 Å². The number of sulfone groups is 2. The Balaban J connectivity index is 0.000000184. The quantitative estimate of drug-likeness (QED) is 0.124. The summed E-state index contributed by atoms with van der Waals surface area (Å²) in [6.45, 7) is 10.3. The number of amides is 2. The molecule has 2 aliphatic carbocycles. The van der Waals surface area contributed by atoms with Crippen molar-refractivity contribution in [3.63, 3.8) is 0 Å². The van der Waals surface area contributed by atoms with E-state index in [-0.39, 0.29) is 63.2 Å². The molecular weight excluding hydrogens is 1000 g/mol. The monoisotopic (exact) mass is 1050 g/mol. The van der Waals surface area contributed by atoms with E-state index >= 15 is 0 Å². The highest BCUT2D eigenvalue weighted by molar-refractivity contribution is 7.91. The fourth-order valence-electron chi connectivity index (χ4n) is 9.54. The summed E-state index contributed by atoms with van der Waals surface area (Å²) in [5.41, 5.74) is 4.80. The zero-order valence-corrected chi connectivity index (χ0v) is 43.6. The second-order valence-electron chi connectivity index (χ2n) is 19.1. The highest BCUT2D eigenvalue weighted by Crippen LogP contribution is 2.40. The van der Waals surface area contributed by atoms with Crippen LogP contribution in [0.15, 0.2) is 114 Å².